The fourth-order valence-corrected chi connectivity index (χ4v) is 4.39. The van der Waals surface area contributed by atoms with Gasteiger partial charge >= 0.3 is 0 Å². The van der Waals surface area contributed by atoms with Crippen LogP contribution in [0.5, 0.6) is 0 Å². The Morgan fingerprint density at radius 3 is 2.61 bits per heavy atom. The highest BCUT2D eigenvalue weighted by atomic mass is 32.1. The van der Waals surface area contributed by atoms with E-state index in [1.54, 1.807) is 23.7 Å². The van der Waals surface area contributed by atoms with E-state index in [-0.39, 0.29) is 11.7 Å². The Hall–Kier alpha value is -4.29. The number of aromatic nitrogens is 3. The molecular formula is C24H17FN6OS. The molecule has 0 spiro atoms. The third-order valence-corrected chi connectivity index (χ3v) is 6.16. The number of hydrogen-bond donors (Lipinski definition) is 2. The maximum atomic E-state index is 13.4. The summed E-state index contributed by atoms with van der Waals surface area (Å²) in [6.45, 7) is 1.80. The zero-order chi connectivity index (χ0) is 22.9. The van der Waals surface area contributed by atoms with Crippen molar-refractivity contribution in [1.82, 2.24) is 14.8 Å². The van der Waals surface area contributed by atoms with Crippen molar-refractivity contribution < 1.29 is 9.18 Å². The summed E-state index contributed by atoms with van der Waals surface area (Å²) in [5.41, 5.74) is 2.84. The van der Waals surface area contributed by atoms with E-state index >= 15 is 0 Å². The van der Waals surface area contributed by atoms with Gasteiger partial charge in [-0.25, -0.2) is 9.07 Å². The number of hydrogen-bond acceptors (Lipinski definition) is 6. The average molecular weight is 457 g/mol. The Kier molecular flexibility index (Phi) is 5.20. The molecule has 162 valence electrons. The van der Waals surface area contributed by atoms with E-state index in [0.717, 1.165) is 10.4 Å². The van der Waals surface area contributed by atoms with Gasteiger partial charge in [-0.2, -0.15) is 10.2 Å². The van der Waals surface area contributed by atoms with Crippen molar-refractivity contribution in [3.8, 4) is 16.8 Å². The number of thiophene rings is 1. The van der Waals surface area contributed by atoms with Crippen LogP contribution < -0.4 is 10.6 Å². The number of nitriles is 1. The molecule has 0 fully saturated rings. The molecule has 0 saturated carbocycles. The number of fused-ring (bicyclic) bond motifs is 1. The summed E-state index contributed by atoms with van der Waals surface area (Å²) in [6, 6.07) is 18.0. The smallest absolute Gasteiger partial charge is 0.255 e. The monoisotopic (exact) mass is 456 g/mol. The molecule has 9 heteroatoms. The zero-order valence-electron chi connectivity index (χ0n) is 17.4. The standard InChI is InChI=1S/C24H17FN6OS/c1-14-20(23(32)28-18-10-8-17(25)9-11-18)21(16-6-4-15(13-26)5-7-16)31-24(27-14)29-22(30-31)19-3-2-12-33-19/h2-12,21H,1H3,(H,28,32)(H,27,29,30)/t21-/m1/s1. The highest BCUT2D eigenvalue weighted by Gasteiger charge is 2.34. The van der Waals surface area contributed by atoms with Gasteiger partial charge in [0.25, 0.3) is 5.91 Å². The van der Waals surface area contributed by atoms with E-state index in [9.17, 15) is 14.4 Å². The van der Waals surface area contributed by atoms with Crippen LogP contribution >= 0.6 is 11.3 Å². The van der Waals surface area contributed by atoms with Gasteiger partial charge in [0.1, 0.15) is 11.9 Å². The highest BCUT2D eigenvalue weighted by Crippen LogP contribution is 2.37. The topological polar surface area (TPSA) is 95.6 Å². The van der Waals surface area contributed by atoms with Crippen LogP contribution in [0, 0.1) is 17.1 Å². The Balaban J connectivity index is 1.59. The van der Waals surface area contributed by atoms with E-state index in [4.69, 9.17) is 5.10 Å². The van der Waals surface area contributed by atoms with Gasteiger partial charge in [0.2, 0.25) is 5.95 Å². The van der Waals surface area contributed by atoms with Gasteiger partial charge in [0, 0.05) is 11.4 Å². The van der Waals surface area contributed by atoms with E-state index in [1.165, 1.54) is 35.6 Å². The van der Waals surface area contributed by atoms with Crippen LogP contribution in [-0.4, -0.2) is 20.7 Å². The Labute approximate surface area is 192 Å². The Morgan fingerprint density at radius 2 is 1.94 bits per heavy atom. The first-order valence-corrected chi connectivity index (χ1v) is 11.0. The zero-order valence-corrected chi connectivity index (χ0v) is 18.2. The molecule has 1 atom stereocenters. The minimum Gasteiger partial charge on any atom is -0.328 e. The minimum absolute atomic E-state index is 0.347. The summed E-state index contributed by atoms with van der Waals surface area (Å²) >= 11 is 1.53. The molecule has 5 rings (SSSR count). The quantitative estimate of drug-likeness (QED) is 0.453. The second-order valence-electron chi connectivity index (χ2n) is 7.44. The maximum absolute atomic E-state index is 13.4. The largest absolute Gasteiger partial charge is 0.328 e. The number of amides is 1. The summed E-state index contributed by atoms with van der Waals surface area (Å²) in [7, 11) is 0. The number of benzene rings is 2. The maximum Gasteiger partial charge on any atom is 0.255 e. The van der Waals surface area contributed by atoms with Crippen molar-refractivity contribution in [2.45, 2.75) is 13.0 Å². The first-order valence-electron chi connectivity index (χ1n) is 10.1. The van der Waals surface area contributed by atoms with Crippen LogP contribution in [0.25, 0.3) is 10.7 Å². The molecule has 33 heavy (non-hydrogen) atoms. The van der Waals surface area contributed by atoms with Crippen LogP contribution in [-0.2, 0) is 4.79 Å². The molecule has 0 bridgehead atoms. The second kappa shape index (κ2) is 8.33. The molecule has 2 N–H and O–H groups in total. The lowest BCUT2D eigenvalue weighted by molar-refractivity contribution is -0.113. The SMILES string of the molecule is CC1=C(C(=O)Nc2ccc(F)cc2)[C@@H](c2ccc(C#N)cc2)n2nc(-c3cccs3)nc2N1. The van der Waals surface area contributed by atoms with E-state index in [1.807, 2.05) is 29.6 Å². The molecule has 4 aromatic rings. The van der Waals surface area contributed by atoms with Gasteiger partial charge in [0.15, 0.2) is 5.82 Å². The Morgan fingerprint density at radius 1 is 1.18 bits per heavy atom. The van der Waals surface area contributed by atoms with Crippen molar-refractivity contribution in [3.63, 3.8) is 0 Å². The number of carbonyl (C=O) groups is 1. The van der Waals surface area contributed by atoms with Gasteiger partial charge in [-0.05, 0) is 60.3 Å². The highest BCUT2D eigenvalue weighted by molar-refractivity contribution is 7.13. The van der Waals surface area contributed by atoms with Gasteiger partial charge < -0.3 is 10.6 Å². The lowest BCUT2D eigenvalue weighted by Crippen LogP contribution is -2.31. The average Bonchev–Trinajstić information content (AvgIpc) is 3.49. The summed E-state index contributed by atoms with van der Waals surface area (Å²) in [5, 5.41) is 21.9. The molecule has 3 heterocycles. The van der Waals surface area contributed by atoms with Gasteiger partial charge in [-0.15, -0.1) is 16.4 Å². The fraction of sp³-hybridized carbons (Fsp3) is 0.0833. The lowest BCUT2D eigenvalue weighted by Gasteiger charge is -2.28. The summed E-state index contributed by atoms with van der Waals surface area (Å²) in [6.07, 6.45) is 0. The molecule has 1 amide bonds. The number of anilines is 2. The molecule has 0 aliphatic carbocycles. The molecule has 0 saturated heterocycles. The van der Waals surface area contributed by atoms with Gasteiger partial charge in [-0.3, -0.25) is 4.79 Å². The van der Waals surface area contributed by atoms with Crippen molar-refractivity contribution in [3.05, 3.63) is 94.3 Å². The van der Waals surface area contributed by atoms with Crippen LogP contribution in [0.4, 0.5) is 16.0 Å². The normalized spacial score (nSPS) is 14.9. The predicted molar refractivity (Wildman–Crippen MR) is 124 cm³/mol. The lowest BCUT2D eigenvalue weighted by atomic mass is 9.94. The number of nitrogens with one attached hydrogen (secondary N) is 2. The third-order valence-electron chi connectivity index (χ3n) is 5.30. The second-order valence-corrected chi connectivity index (χ2v) is 8.39. The molecule has 0 radical (unpaired) electrons. The number of allylic oxidation sites excluding steroid dienone is 1. The summed E-state index contributed by atoms with van der Waals surface area (Å²) < 4.78 is 15.0. The molecule has 1 aliphatic rings. The van der Waals surface area contributed by atoms with Crippen LogP contribution in [0.2, 0.25) is 0 Å². The van der Waals surface area contributed by atoms with Crippen LogP contribution in [0.15, 0.2) is 77.3 Å². The van der Waals surface area contributed by atoms with Crippen LogP contribution in [0.1, 0.15) is 24.1 Å². The minimum atomic E-state index is -0.573. The first-order chi connectivity index (χ1) is 16.0. The number of carbonyl (C=O) groups excluding carboxylic acids is 1. The van der Waals surface area contributed by atoms with E-state index in [0.29, 0.717) is 34.3 Å². The van der Waals surface area contributed by atoms with E-state index < -0.39 is 6.04 Å². The molecular weight excluding hydrogens is 439 g/mol. The summed E-state index contributed by atoms with van der Waals surface area (Å²) in [4.78, 5) is 18.9. The number of nitrogens with zero attached hydrogens (tertiary/aromatic N) is 4. The molecule has 2 aromatic carbocycles. The number of rotatable bonds is 4. The molecule has 2 aromatic heterocycles. The van der Waals surface area contributed by atoms with Crippen molar-refractivity contribution in [1.29, 1.82) is 5.26 Å². The molecule has 7 nitrogen and oxygen atoms in total. The van der Waals surface area contributed by atoms with Crippen molar-refractivity contribution >= 4 is 28.9 Å². The molecule has 1 aliphatic heterocycles. The van der Waals surface area contributed by atoms with Crippen molar-refractivity contribution in [2.24, 2.45) is 0 Å². The van der Waals surface area contributed by atoms with Gasteiger partial charge in [-0.1, -0.05) is 18.2 Å². The number of halogens is 1. The fourth-order valence-electron chi connectivity index (χ4n) is 3.74. The van der Waals surface area contributed by atoms with E-state index in [2.05, 4.69) is 21.7 Å². The van der Waals surface area contributed by atoms with Crippen molar-refractivity contribution in [2.75, 3.05) is 10.6 Å². The van der Waals surface area contributed by atoms with Crippen LogP contribution in [0.3, 0.4) is 0 Å². The third kappa shape index (κ3) is 3.88. The summed E-state index contributed by atoms with van der Waals surface area (Å²) in [5.74, 6) is 0.342. The van der Waals surface area contributed by atoms with Gasteiger partial charge in [0.05, 0.1) is 22.1 Å². The Bertz CT molecular complexity index is 1400. The first kappa shape index (κ1) is 20.6. The molecule has 0 unspecified atom stereocenters. The predicted octanol–water partition coefficient (Wildman–Crippen LogP) is 4.94.